The number of ether oxygens (including phenoxy) is 1. The molecule has 1 aliphatic heterocycles. The zero-order valence-electron chi connectivity index (χ0n) is 9.19. The smallest absolute Gasteiger partial charge is 0.119 e. The Balaban J connectivity index is 2.36. The Kier molecular flexibility index (Phi) is 3.22. The quantitative estimate of drug-likeness (QED) is 0.795. The van der Waals surface area contributed by atoms with Crippen LogP contribution >= 0.6 is 11.8 Å². The van der Waals surface area contributed by atoms with Crippen molar-refractivity contribution in [3.05, 3.63) is 29.3 Å². The molecule has 1 aliphatic rings. The predicted octanol–water partition coefficient (Wildman–Crippen LogP) is 2.72. The average molecular weight is 223 g/mol. The van der Waals surface area contributed by atoms with Gasteiger partial charge in [0.05, 0.1) is 7.11 Å². The zero-order chi connectivity index (χ0) is 10.8. The van der Waals surface area contributed by atoms with Crippen molar-refractivity contribution in [3.63, 3.8) is 0 Å². The first kappa shape index (κ1) is 10.8. The van der Waals surface area contributed by atoms with E-state index in [-0.39, 0.29) is 6.04 Å². The summed E-state index contributed by atoms with van der Waals surface area (Å²) in [6.07, 6.45) is 1.05. The highest BCUT2D eigenvalue weighted by molar-refractivity contribution is 7.99. The van der Waals surface area contributed by atoms with E-state index in [0.717, 1.165) is 17.9 Å². The Morgan fingerprint density at radius 1 is 1.47 bits per heavy atom. The summed E-state index contributed by atoms with van der Waals surface area (Å²) in [6, 6.07) is 6.39. The molecule has 2 N–H and O–H groups in total. The van der Waals surface area contributed by atoms with Gasteiger partial charge in [0.2, 0.25) is 0 Å². The molecule has 2 nitrogen and oxygen atoms in total. The van der Waals surface area contributed by atoms with Crippen molar-refractivity contribution in [2.24, 2.45) is 5.73 Å². The fraction of sp³-hybridized carbons (Fsp3) is 0.500. The minimum absolute atomic E-state index is 0.153. The van der Waals surface area contributed by atoms with Gasteiger partial charge < -0.3 is 10.5 Å². The van der Waals surface area contributed by atoms with Gasteiger partial charge in [0.25, 0.3) is 0 Å². The fourth-order valence-corrected chi connectivity index (χ4v) is 3.03. The monoisotopic (exact) mass is 223 g/mol. The van der Waals surface area contributed by atoms with Crippen LogP contribution in [0.2, 0.25) is 0 Å². The standard InChI is InChI=1S/C12H17NOS/c1-8-5-12(13)11-6-10(14-2)4-3-9(11)7-15-8/h3-4,6,8,12H,5,7,13H2,1-2H3. The third kappa shape index (κ3) is 2.29. The summed E-state index contributed by atoms with van der Waals surface area (Å²) in [6.45, 7) is 2.24. The lowest BCUT2D eigenvalue weighted by Gasteiger charge is -2.14. The molecule has 0 aromatic heterocycles. The van der Waals surface area contributed by atoms with Gasteiger partial charge >= 0.3 is 0 Å². The number of benzene rings is 1. The lowest BCUT2D eigenvalue weighted by Crippen LogP contribution is -2.14. The van der Waals surface area contributed by atoms with E-state index in [1.807, 2.05) is 17.8 Å². The number of thioether (sulfide) groups is 1. The minimum atomic E-state index is 0.153. The number of rotatable bonds is 1. The molecule has 2 unspecified atom stereocenters. The van der Waals surface area contributed by atoms with Crippen molar-refractivity contribution in [1.29, 1.82) is 0 Å². The van der Waals surface area contributed by atoms with E-state index in [2.05, 4.69) is 19.1 Å². The highest BCUT2D eigenvalue weighted by Crippen LogP contribution is 2.35. The van der Waals surface area contributed by atoms with Gasteiger partial charge in [-0.15, -0.1) is 0 Å². The van der Waals surface area contributed by atoms with Crippen LogP contribution in [0, 0.1) is 0 Å². The molecule has 0 amide bonds. The Hall–Kier alpha value is -0.670. The van der Waals surface area contributed by atoms with E-state index < -0.39 is 0 Å². The molecule has 1 aromatic rings. The third-order valence-corrected chi connectivity index (χ3v) is 4.10. The van der Waals surface area contributed by atoms with Gasteiger partial charge in [0.15, 0.2) is 0 Å². The minimum Gasteiger partial charge on any atom is -0.497 e. The SMILES string of the molecule is COc1ccc2c(c1)C(N)CC(C)SC2. The average Bonchev–Trinajstić information content (AvgIpc) is 2.38. The molecule has 15 heavy (non-hydrogen) atoms. The maximum absolute atomic E-state index is 6.19. The zero-order valence-corrected chi connectivity index (χ0v) is 10.0. The van der Waals surface area contributed by atoms with Crippen LogP contribution in [0.15, 0.2) is 18.2 Å². The molecule has 1 aromatic carbocycles. The summed E-state index contributed by atoms with van der Waals surface area (Å²) in [5.74, 6) is 1.97. The van der Waals surface area contributed by atoms with Crippen molar-refractivity contribution in [2.75, 3.05) is 7.11 Å². The van der Waals surface area contributed by atoms with Gasteiger partial charge in [-0.05, 0) is 29.7 Å². The lowest BCUT2D eigenvalue weighted by molar-refractivity contribution is 0.413. The second-order valence-electron chi connectivity index (χ2n) is 4.03. The van der Waals surface area contributed by atoms with Gasteiger partial charge in [-0.25, -0.2) is 0 Å². The first-order valence-electron chi connectivity index (χ1n) is 5.24. The van der Waals surface area contributed by atoms with E-state index in [1.165, 1.54) is 11.1 Å². The molecular formula is C12H17NOS. The molecule has 0 fully saturated rings. The van der Waals surface area contributed by atoms with Crippen molar-refractivity contribution in [1.82, 2.24) is 0 Å². The molecule has 2 rings (SSSR count). The summed E-state index contributed by atoms with van der Waals surface area (Å²) in [7, 11) is 1.70. The number of fused-ring (bicyclic) bond motifs is 1. The molecule has 1 heterocycles. The van der Waals surface area contributed by atoms with E-state index in [1.54, 1.807) is 7.11 Å². The first-order valence-corrected chi connectivity index (χ1v) is 6.29. The normalized spacial score (nSPS) is 25.5. The van der Waals surface area contributed by atoms with Crippen molar-refractivity contribution in [3.8, 4) is 5.75 Å². The van der Waals surface area contributed by atoms with Crippen molar-refractivity contribution >= 4 is 11.8 Å². The van der Waals surface area contributed by atoms with Crippen LogP contribution in [-0.4, -0.2) is 12.4 Å². The molecular weight excluding hydrogens is 206 g/mol. The molecule has 0 radical (unpaired) electrons. The summed E-state index contributed by atoms with van der Waals surface area (Å²) in [5.41, 5.74) is 8.81. The van der Waals surface area contributed by atoms with Crippen LogP contribution in [0.25, 0.3) is 0 Å². The van der Waals surface area contributed by atoms with E-state index in [0.29, 0.717) is 5.25 Å². The number of hydrogen-bond acceptors (Lipinski definition) is 3. The molecule has 3 heteroatoms. The fourth-order valence-electron chi connectivity index (χ4n) is 1.96. The van der Waals surface area contributed by atoms with Gasteiger partial charge in [-0.1, -0.05) is 13.0 Å². The summed E-state index contributed by atoms with van der Waals surface area (Å²) < 4.78 is 5.23. The van der Waals surface area contributed by atoms with E-state index in [9.17, 15) is 0 Å². The lowest BCUT2D eigenvalue weighted by atomic mass is 9.98. The van der Waals surface area contributed by atoms with Gasteiger partial charge in [0.1, 0.15) is 5.75 Å². The molecule has 0 saturated heterocycles. The van der Waals surface area contributed by atoms with E-state index >= 15 is 0 Å². The van der Waals surface area contributed by atoms with Crippen LogP contribution < -0.4 is 10.5 Å². The highest BCUT2D eigenvalue weighted by atomic mass is 32.2. The number of hydrogen-bond donors (Lipinski definition) is 1. The summed E-state index contributed by atoms with van der Waals surface area (Å²) in [5, 5.41) is 0.637. The van der Waals surface area contributed by atoms with Crippen LogP contribution in [0.4, 0.5) is 0 Å². The molecule has 0 bridgehead atoms. The Morgan fingerprint density at radius 2 is 2.27 bits per heavy atom. The first-order chi connectivity index (χ1) is 7.20. The van der Waals surface area contributed by atoms with Gasteiger partial charge in [-0.3, -0.25) is 0 Å². The molecule has 2 atom stereocenters. The van der Waals surface area contributed by atoms with Crippen LogP contribution in [0.1, 0.15) is 30.5 Å². The maximum Gasteiger partial charge on any atom is 0.119 e. The summed E-state index contributed by atoms with van der Waals surface area (Å²) in [4.78, 5) is 0. The topological polar surface area (TPSA) is 35.2 Å². The van der Waals surface area contributed by atoms with Crippen molar-refractivity contribution in [2.45, 2.75) is 30.4 Å². The molecule has 0 aliphatic carbocycles. The van der Waals surface area contributed by atoms with Crippen LogP contribution in [0.5, 0.6) is 5.75 Å². The maximum atomic E-state index is 6.19. The third-order valence-electron chi connectivity index (χ3n) is 2.86. The van der Waals surface area contributed by atoms with Crippen LogP contribution in [0.3, 0.4) is 0 Å². The highest BCUT2D eigenvalue weighted by Gasteiger charge is 2.20. The number of methoxy groups -OCH3 is 1. The summed E-state index contributed by atoms with van der Waals surface area (Å²) >= 11 is 1.98. The van der Waals surface area contributed by atoms with Crippen LogP contribution in [-0.2, 0) is 5.75 Å². The molecule has 0 saturated carbocycles. The number of nitrogens with two attached hydrogens (primary N) is 1. The largest absolute Gasteiger partial charge is 0.497 e. The second-order valence-corrected chi connectivity index (χ2v) is 5.46. The molecule has 0 spiro atoms. The van der Waals surface area contributed by atoms with Gasteiger partial charge in [-0.2, -0.15) is 11.8 Å². The van der Waals surface area contributed by atoms with Gasteiger partial charge in [0, 0.05) is 17.0 Å². The van der Waals surface area contributed by atoms with Crippen molar-refractivity contribution < 1.29 is 4.74 Å². The van der Waals surface area contributed by atoms with E-state index in [4.69, 9.17) is 10.5 Å². The second kappa shape index (κ2) is 4.45. The Morgan fingerprint density at radius 3 is 3.00 bits per heavy atom. The Bertz CT molecular complexity index is 353. The molecule has 82 valence electrons. The Labute approximate surface area is 95.2 Å². The predicted molar refractivity (Wildman–Crippen MR) is 65.3 cm³/mol.